The van der Waals surface area contributed by atoms with Crippen LogP contribution >= 0.6 is 35.0 Å². The van der Waals surface area contributed by atoms with Gasteiger partial charge in [0, 0.05) is 9.92 Å². The molecule has 0 aliphatic rings. The lowest BCUT2D eigenvalue weighted by atomic mass is 10.3. The molecule has 1 heterocycles. The topological polar surface area (TPSA) is 49.6 Å². The third kappa shape index (κ3) is 2.89. The summed E-state index contributed by atoms with van der Waals surface area (Å²) in [5, 5.41) is 18.2. The van der Waals surface area contributed by atoms with Crippen molar-refractivity contribution in [2.45, 2.75) is 9.92 Å². The van der Waals surface area contributed by atoms with Crippen LogP contribution in [0.25, 0.3) is 0 Å². The molecular formula is C11H5Cl2N3S. The van der Waals surface area contributed by atoms with Crippen molar-refractivity contribution < 1.29 is 0 Å². The first-order valence-electron chi connectivity index (χ1n) is 4.55. The number of aromatic nitrogens is 2. The smallest absolute Gasteiger partial charge is 0.141 e. The van der Waals surface area contributed by atoms with Crippen LogP contribution in [-0.4, -0.2) is 10.2 Å². The Morgan fingerprint density at radius 2 is 2.06 bits per heavy atom. The first-order chi connectivity index (χ1) is 8.20. The van der Waals surface area contributed by atoms with Gasteiger partial charge in [-0.2, -0.15) is 10.4 Å². The molecular weight excluding hydrogens is 277 g/mol. The Morgan fingerprint density at radius 1 is 1.24 bits per heavy atom. The summed E-state index contributed by atoms with van der Waals surface area (Å²) < 4.78 is 0. The van der Waals surface area contributed by atoms with Gasteiger partial charge in [0.15, 0.2) is 0 Å². The van der Waals surface area contributed by atoms with Crippen LogP contribution in [0.2, 0.25) is 10.0 Å². The van der Waals surface area contributed by atoms with Crippen LogP contribution < -0.4 is 0 Å². The van der Waals surface area contributed by atoms with E-state index in [-0.39, 0.29) is 0 Å². The van der Waals surface area contributed by atoms with Crippen molar-refractivity contribution in [1.82, 2.24) is 10.2 Å². The van der Waals surface area contributed by atoms with Gasteiger partial charge in [-0.25, -0.2) is 0 Å². The molecule has 0 spiro atoms. The number of rotatable bonds is 2. The molecule has 2 aromatic rings. The molecule has 6 heteroatoms. The third-order valence-corrected chi connectivity index (χ3v) is 3.64. The molecule has 0 unspecified atom stereocenters. The Balaban J connectivity index is 2.38. The minimum atomic E-state index is 0.459. The molecule has 3 nitrogen and oxygen atoms in total. The van der Waals surface area contributed by atoms with Gasteiger partial charge < -0.3 is 0 Å². The van der Waals surface area contributed by atoms with Gasteiger partial charge in [-0.1, -0.05) is 35.0 Å². The number of nitriles is 1. The highest BCUT2D eigenvalue weighted by Gasteiger charge is 2.09. The second-order valence-electron chi connectivity index (χ2n) is 3.04. The Hall–Kier alpha value is -1.28. The molecule has 0 atom stereocenters. The van der Waals surface area contributed by atoms with Crippen molar-refractivity contribution in [3.63, 3.8) is 0 Å². The molecule has 2 rings (SSSR count). The molecule has 0 amide bonds. The Bertz CT molecular complexity index is 596. The maximum Gasteiger partial charge on any atom is 0.141 e. The fourth-order valence-corrected chi connectivity index (χ4v) is 2.48. The van der Waals surface area contributed by atoms with Crippen LogP contribution in [0.1, 0.15) is 5.56 Å². The van der Waals surface area contributed by atoms with Crippen LogP contribution in [0.5, 0.6) is 0 Å². The van der Waals surface area contributed by atoms with E-state index in [9.17, 15) is 0 Å². The van der Waals surface area contributed by atoms with E-state index in [0.29, 0.717) is 20.6 Å². The fourth-order valence-electron chi connectivity index (χ4n) is 1.14. The number of nitrogens with zero attached hydrogens (tertiary/aromatic N) is 3. The summed E-state index contributed by atoms with van der Waals surface area (Å²) in [4.78, 5) is 0.746. The summed E-state index contributed by atoms with van der Waals surface area (Å²) in [6.07, 6.45) is 1.47. The largest absolute Gasteiger partial charge is 0.192 e. The highest BCUT2D eigenvalue weighted by Crippen LogP contribution is 2.34. The quantitative estimate of drug-likeness (QED) is 0.840. The lowest BCUT2D eigenvalue weighted by molar-refractivity contribution is 0.920. The van der Waals surface area contributed by atoms with Crippen molar-refractivity contribution in [3.8, 4) is 6.07 Å². The minimum absolute atomic E-state index is 0.459. The number of hydrogen-bond acceptors (Lipinski definition) is 4. The SMILES string of the molecule is N#Cc1ccnnc1Sc1cc(Cl)ccc1Cl. The van der Waals surface area contributed by atoms with Crippen LogP contribution in [0.15, 0.2) is 40.4 Å². The van der Waals surface area contributed by atoms with Gasteiger partial charge in [-0.15, -0.1) is 5.10 Å². The second-order valence-corrected chi connectivity index (χ2v) is 4.91. The lowest BCUT2D eigenvalue weighted by Gasteiger charge is -2.04. The second kappa shape index (κ2) is 5.37. The Morgan fingerprint density at radius 3 is 2.82 bits per heavy atom. The van der Waals surface area contributed by atoms with E-state index in [1.807, 2.05) is 0 Å². The van der Waals surface area contributed by atoms with Gasteiger partial charge in [-0.3, -0.25) is 0 Å². The summed E-state index contributed by atoms with van der Waals surface area (Å²) >= 11 is 13.2. The summed E-state index contributed by atoms with van der Waals surface area (Å²) in [6.45, 7) is 0. The summed E-state index contributed by atoms with van der Waals surface area (Å²) in [6, 6.07) is 8.79. The van der Waals surface area contributed by atoms with E-state index in [0.717, 1.165) is 4.90 Å². The molecule has 0 aliphatic carbocycles. The standard InChI is InChI=1S/C11H5Cl2N3S/c12-8-1-2-9(13)10(5-8)17-11-7(6-14)3-4-15-16-11/h1-5H. The van der Waals surface area contributed by atoms with E-state index in [4.69, 9.17) is 28.5 Å². The lowest BCUT2D eigenvalue weighted by Crippen LogP contribution is -1.89. The van der Waals surface area contributed by atoms with E-state index in [2.05, 4.69) is 16.3 Å². The number of hydrogen-bond donors (Lipinski definition) is 0. The predicted molar refractivity (Wildman–Crippen MR) is 67.3 cm³/mol. The van der Waals surface area contributed by atoms with Crippen molar-refractivity contribution in [2.75, 3.05) is 0 Å². The average molecular weight is 282 g/mol. The molecule has 0 saturated carbocycles. The van der Waals surface area contributed by atoms with Crippen LogP contribution in [-0.2, 0) is 0 Å². The predicted octanol–water partition coefficient (Wildman–Crippen LogP) is 3.81. The normalized spacial score (nSPS) is 9.94. The first kappa shape index (κ1) is 12.2. The zero-order chi connectivity index (χ0) is 12.3. The third-order valence-electron chi connectivity index (χ3n) is 1.91. The van der Waals surface area contributed by atoms with Gasteiger partial charge in [0.05, 0.1) is 16.8 Å². The molecule has 0 aliphatic heterocycles. The molecule has 84 valence electrons. The molecule has 0 saturated heterocycles. The first-order valence-corrected chi connectivity index (χ1v) is 6.12. The van der Waals surface area contributed by atoms with Gasteiger partial charge in [0.2, 0.25) is 0 Å². The van der Waals surface area contributed by atoms with Crippen molar-refractivity contribution in [2.24, 2.45) is 0 Å². The maximum atomic E-state index is 8.93. The Kier molecular flexibility index (Phi) is 3.85. The van der Waals surface area contributed by atoms with E-state index < -0.39 is 0 Å². The highest BCUT2D eigenvalue weighted by molar-refractivity contribution is 7.99. The van der Waals surface area contributed by atoms with E-state index in [1.54, 1.807) is 24.3 Å². The van der Waals surface area contributed by atoms with Crippen molar-refractivity contribution in [3.05, 3.63) is 46.1 Å². The van der Waals surface area contributed by atoms with Crippen LogP contribution in [0.4, 0.5) is 0 Å². The van der Waals surface area contributed by atoms with Crippen LogP contribution in [0, 0.1) is 11.3 Å². The average Bonchev–Trinajstić information content (AvgIpc) is 2.34. The summed E-state index contributed by atoms with van der Waals surface area (Å²) in [7, 11) is 0. The summed E-state index contributed by atoms with van der Waals surface area (Å²) in [5.74, 6) is 0. The summed E-state index contributed by atoms with van der Waals surface area (Å²) in [5.41, 5.74) is 0.459. The Labute approximate surface area is 112 Å². The maximum absolute atomic E-state index is 8.93. The minimum Gasteiger partial charge on any atom is -0.192 e. The molecule has 0 bridgehead atoms. The number of halogens is 2. The molecule has 1 aromatic heterocycles. The van der Waals surface area contributed by atoms with Gasteiger partial charge in [-0.05, 0) is 24.3 Å². The van der Waals surface area contributed by atoms with Gasteiger partial charge in [0.25, 0.3) is 0 Å². The number of benzene rings is 1. The van der Waals surface area contributed by atoms with Crippen molar-refractivity contribution >= 4 is 35.0 Å². The molecule has 0 N–H and O–H groups in total. The van der Waals surface area contributed by atoms with Gasteiger partial charge in [0.1, 0.15) is 11.1 Å². The fraction of sp³-hybridized carbons (Fsp3) is 0. The zero-order valence-electron chi connectivity index (χ0n) is 8.39. The molecule has 1 aromatic carbocycles. The van der Waals surface area contributed by atoms with Crippen LogP contribution in [0.3, 0.4) is 0 Å². The van der Waals surface area contributed by atoms with Gasteiger partial charge >= 0.3 is 0 Å². The zero-order valence-corrected chi connectivity index (χ0v) is 10.7. The molecule has 17 heavy (non-hydrogen) atoms. The molecule has 0 fully saturated rings. The van der Waals surface area contributed by atoms with E-state index >= 15 is 0 Å². The van der Waals surface area contributed by atoms with Crippen molar-refractivity contribution in [1.29, 1.82) is 5.26 Å². The molecule has 0 radical (unpaired) electrons. The van der Waals surface area contributed by atoms with E-state index in [1.165, 1.54) is 18.0 Å². The highest BCUT2D eigenvalue weighted by atomic mass is 35.5. The monoisotopic (exact) mass is 281 g/mol.